The van der Waals surface area contributed by atoms with Crippen molar-refractivity contribution >= 4 is 16.8 Å². The SMILES string of the molecule is CCO[C@@H]1OC(C(=O)NCCc2c[nH]c3ccc(OC)cc23)=C[C@H](C(C)C)[C@H]1CCCO. The van der Waals surface area contributed by atoms with Crippen LogP contribution in [-0.2, 0) is 20.7 Å². The number of rotatable bonds is 11. The van der Waals surface area contributed by atoms with Crippen LogP contribution in [0.3, 0.4) is 0 Å². The molecular formula is C25H36N2O5. The van der Waals surface area contributed by atoms with Gasteiger partial charge in [-0.15, -0.1) is 0 Å². The van der Waals surface area contributed by atoms with Crippen LogP contribution >= 0.6 is 0 Å². The van der Waals surface area contributed by atoms with E-state index < -0.39 is 6.29 Å². The minimum absolute atomic E-state index is 0.111. The molecule has 1 aliphatic heterocycles. The Morgan fingerprint density at radius 2 is 2.16 bits per heavy atom. The molecule has 0 saturated heterocycles. The summed E-state index contributed by atoms with van der Waals surface area (Å²) in [5.74, 6) is 1.49. The minimum Gasteiger partial charge on any atom is -0.497 e. The highest BCUT2D eigenvalue weighted by atomic mass is 16.7. The Morgan fingerprint density at radius 3 is 2.84 bits per heavy atom. The minimum atomic E-state index is -0.481. The fourth-order valence-electron chi connectivity index (χ4n) is 4.41. The summed E-state index contributed by atoms with van der Waals surface area (Å²) < 4.78 is 17.2. The average molecular weight is 445 g/mol. The van der Waals surface area contributed by atoms with Crippen LogP contribution in [0.5, 0.6) is 5.75 Å². The maximum Gasteiger partial charge on any atom is 0.286 e. The molecule has 0 aliphatic carbocycles. The summed E-state index contributed by atoms with van der Waals surface area (Å²) in [7, 11) is 1.65. The third-order valence-corrected chi connectivity index (χ3v) is 6.11. The Hall–Kier alpha value is -2.51. The first-order valence-corrected chi connectivity index (χ1v) is 11.5. The number of aromatic nitrogens is 1. The second-order valence-electron chi connectivity index (χ2n) is 8.55. The van der Waals surface area contributed by atoms with Crippen molar-refractivity contribution < 1.29 is 24.1 Å². The molecule has 2 heterocycles. The van der Waals surface area contributed by atoms with Gasteiger partial charge in [0.1, 0.15) is 5.75 Å². The molecule has 176 valence electrons. The van der Waals surface area contributed by atoms with Crippen molar-refractivity contribution in [2.75, 3.05) is 26.9 Å². The van der Waals surface area contributed by atoms with E-state index in [0.717, 1.165) is 28.6 Å². The fourth-order valence-corrected chi connectivity index (χ4v) is 4.41. The summed E-state index contributed by atoms with van der Waals surface area (Å²) in [4.78, 5) is 16.2. The summed E-state index contributed by atoms with van der Waals surface area (Å²) in [6, 6.07) is 5.91. The molecule has 7 heteroatoms. The number of fused-ring (bicyclic) bond motifs is 1. The van der Waals surface area contributed by atoms with Gasteiger partial charge in [0.2, 0.25) is 6.29 Å². The van der Waals surface area contributed by atoms with Gasteiger partial charge in [0.15, 0.2) is 5.76 Å². The quantitative estimate of drug-likeness (QED) is 0.491. The molecule has 0 radical (unpaired) electrons. The number of H-pyrrole nitrogens is 1. The predicted molar refractivity (Wildman–Crippen MR) is 124 cm³/mol. The van der Waals surface area contributed by atoms with E-state index in [-0.39, 0.29) is 24.3 Å². The van der Waals surface area contributed by atoms with E-state index in [1.54, 1.807) is 7.11 Å². The van der Waals surface area contributed by atoms with Gasteiger partial charge < -0.3 is 29.6 Å². The number of carbonyl (C=O) groups is 1. The second kappa shape index (κ2) is 11.4. The molecule has 3 N–H and O–H groups in total. The van der Waals surface area contributed by atoms with Crippen molar-refractivity contribution in [3.63, 3.8) is 0 Å². The monoisotopic (exact) mass is 444 g/mol. The van der Waals surface area contributed by atoms with Gasteiger partial charge >= 0.3 is 0 Å². The maximum absolute atomic E-state index is 12.9. The number of aliphatic hydroxyl groups excluding tert-OH is 1. The van der Waals surface area contributed by atoms with Crippen LogP contribution in [0, 0.1) is 17.8 Å². The number of hydrogen-bond donors (Lipinski definition) is 3. The molecule has 1 aromatic heterocycles. The number of benzene rings is 1. The van der Waals surface area contributed by atoms with Crippen molar-refractivity contribution in [1.29, 1.82) is 0 Å². The van der Waals surface area contributed by atoms with Crippen LogP contribution in [0.15, 0.2) is 36.2 Å². The van der Waals surface area contributed by atoms with Gasteiger partial charge in [0, 0.05) is 42.8 Å². The molecule has 0 saturated carbocycles. The molecule has 0 spiro atoms. The van der Waals surface area contributed by atoms with E-state index in [1.165, 1.54) is 0 Å². The standard InChI is InChI=1S/C25H36N2O5/c1-5-31-25-19(7-6-12-28)20(16(2)3)14-23(32-25)24(29)26-11-10-17-15-27-22-9-8-18(30-4)13-21(17)22/h8-9,13-16,19-20,25,27-28H,5-7,10-12H2,1-4H3,(H,26,29)/t19-,20-,25-/m1/s1. The Bertz CT molecular complexity index is 920. The van der Waals surface area contributed by atoms with Crippen LogP contribution in [-0.4, -0.2) is 49.2 Å². The Labute approximate surface area is 190 Å². The number of aliphatic hydroxyl groups is 1. The van der Waals surface area contributed by atoms with Gasteiger partial charge in [-0.2, -0.15) is 0 Å². The van der Waals surface area contributed by atoms with E-state index in [2.05, 4.69) is 24.1 Å². The summed E-state index contributed by atoms with van der Waals surface area (Å²) in [5.41, 5.74) is 2.16. The Kier molecular flexibility index (Phi) is 8.59. The van der Waals surface area contributed by atoms with E-state index in [9.17, 15) is 9.90 Å². The molecule has 3 rings (SSSR count). The van der Waals surface area contributed by atoms with E-state index in [4.69, 9.17) is 14.2 Å². The molecule has 3 atom stereocenters. The van der Waals surface area contributed by atoms with Crippen molar-refractivity contribution in [3.8, 4) is 5.75 Å². The van der Waals surface area contributed by atoms with Gasteiger partial charge in [0.25, 0.3) is 5.91 Å². The van der Waals surface area contributed by atoms with Gasteiger partial charge in [-0.25, -0.2) is 0 Å². The Morgan fingerprint density at radius 1 is 1.34 bits per heavy atom. The normalized spacial score (nSPS) is 20.8. The van der Waals surface area contributed by atoms with Crippen LogP contribution in [0.4, 0.5) is 0 Å². The highest BCUT2D eigenvalue weighted by Gasteiger charge is 2.38. The molecule has 0 fully saturated rings. The number of carbonyl (C=O) groups excluding carboxylic acids is 1. The lowest BCUT2D eigenvalue weighted by Gasteiger charge is -2.38. The lowest BCUT2D eigenvalue weighted by Crippen LogP contribution is -2.41. The summed E-state index contributed by atoms with van der Waals surface area (Å²) >= 11 is 0. The Balaban J connectivity index is 1.67. The number of ether oxygens (including phenoxy) is 3. The molecule has 1 aromatic carbocycles. The number of hydrogen-bond acceptors (Lipinski definition) is 5. The summed E-state index contributed by atoms with van der Waals surface area (Å²) in [6.07, 6.45) is 5.59. The van der Waals surface area contributed by atoms with Crippen molar-refractivity contribution in [3.05, 3.63) is 41.8 Å². The fraction of sp³-hybridized carbons (Fsp3) is 0.560. The predicted octanol–water partition coefficient (Wildman–Crippen LogP) is 3.77. The van der Waals surface area contributed by atoms with E-state index in [1.807, 2.05) is 37.4 Å². The topological polar surface area (TPSA) is 92.8 Å². The first kappa shape index (κ1) is 24.1. The molecule has 1 aliphatic rings. The zero-order chi connectivity index (χ0) is 23.1. The van der Waals surface area contributed by atoms with Gasteiger partial charge in [0.05, 0.1) is 7.11 Å². The zero-order valence-corrected chi connectivity index (χ0v) is 19.5. The van der Waals surface area contributed by atoms with Gasteiger partial charge in [-0.05, 0) is 67.9 Å². The average Bonchev–Trinajstić information content (AvgIpc) is 3.19. The van der Waals surface area contributed by atoms with Gasteiger partial charge in [-0.3, -0.25) is 4.79 Å². The smallest absolute Gasteiger partial charge is 0.286 e. The second-order valence-corrected chi connectivity index (χ2v) is 8.55. The van der Waals surface area contributed by atoms with Crippen LogP contribution in [0.1, 0.15) is 39.2 Å². The third-order valence-electron chi connectivity index (χ3n) is 6.11. The van der Waals surface area contributed by atoms with Crippen molar-refractivity contribution in [2.45, 2.75) is 46.3 Å². The maximum atomic E-state index is 12.9. The first-order chi connectivity index (χ1) is 15.5. The molecule has 32 heavy (non-hydrogen) atoms. The van der Waals surface area contributed by atoms with Crippen LogP contribution < -0.4 is 10.1 Å². The van der Waals surface area contributed by atoms with E-state index >= 15 is 0 Å². The molecule has 7 nitrogen and oxygen atoms in total. The first-order valence-electron chi connectivity index (χ1n) is 11.5. The number of allylic oxidation sites excluding steroid dienone is 1. The molecule has 0 bridgehead atoms. The van der Waals surface area contributed by atoms with Gasteiger partial charge in [-0.1, -0.05) is 13.8 Å². The molecule has 2 aromatic rings. The third kappa shape index (κ3) is 5.64. The number of aromatic amines is 1. The largest absolute Gasteiger partial charge is 0.497 e. The molecule has 1 amide bonds. The lowest BCUT2D eigenvalue weighted by atomic mass is 9.78. The number of methoxy groups -OCH3 is 1. The van der Waals surface area contributed by atoms with E-state index in [0.29, 0.717) is 37.7 Å². The van der Waals surface area contributed by atoms with Crippen LogP contribution in [0.25, 0.3) is 10.9 Å². The van der Waals surface area contributed by atoms with Crippen molar-refractivity contribution in [2.24, 2.45) is 17.8 Å². The zero-order valence-electron chi connectivity index (χ0n) is 19.5. The highest BCUT2D eigenvalue weighted by Crippen LogP contribution is 2.37. The lowest BCUT2D eigenvalue weighted by molar-refractivity contribution is -0.175. The van der Waals surface area contributed by atoms with Crippen LogP contribution in [0.2, 0.25) is 0 Å². The molecular weight excluding hydrogens is 408 g/mol. The molecule has 0 unspecified atom stereocenters. The summed E-state index contributed by atoms with van der Waals surface area (Å²) in [5, 5.41) is 13.4. The number of amides is 1. The highest BCUT2D eigenvalue weighted by molar-refractivity contribution is 5.91. The summed E-state index contributed by atoms with van der Waals surface area (Å²) in [6.45, 7) is 7.33. The van der Waals surface area contributed by atoms with Crippen molar-refractivity contribution in [1.82, 2.24) is 10.3 Å². The number of nitrogens with one attached hydrogen (secondary N) is 2.